The number of ether oxygens (including phenoxy) is 1. The van der Waals surface area contributed by atoms with E-state index in [0.29, 0.717) is 13.0 Å². The number of nitrogens with zero attached hydrogens (tertiary/aromatic N) is 2. The molecule has 3 rings (SSSR count). The number of nitrogens with one attached hydrogen (secondary N) is 2. The first-order valence-electron chi connectivity index (χ1n) is 9.38. The van der Waals surface area contributed by atoms with Gasteiger partial charge in [0.05, 0.1) is 19.1 Å². The van der Waals surface area contributed by atoms with Crippen LogP contribution >= 0.6 is 15.9 Å². The summed E-state index contributed by atoms with van der Waals surface area (Å²) < 4.78 is 5.86. The smallest absolute Gasteiger partial charge is 0.328 e. The lowest BCUT2D eigenvalue weighted by Crippen LogP contribution is -2.53. The molecule has 2 N–H and O–H groups in total. The number of amides is 2. The van der Waals surface area contributed by atoms with E-state index in [1.165, 1.54) is 7.11 Å². The fourth-order valence-corrected chi connectivity index (χ4v) is 3.75. The molecule has 0 radical (unpaired) electrons. The summed E-state index contributed by atoms with van der Waals surface area (Å²) in [6.07, 6.45) is 3.09. The summed E-state index contributed by atoms with van der Waals surface area (Å²) in [5.41, 5.74) is 2.83. The van der Waals surface area contributed by atoms with Gasteiger partial charge in [-0.1, -0.05) is 48.3 Å². The lowest BCUT2D eigenvalue weighted by atomic mass is 9.95. The largest absolute Gasteiger partial charge is 0.467 e. The van der Waals surface area contributed by atoms with E-state index >= 15 is 0 Å². The third-order valence-corrected chi connectivity index (χ3v) is 5.85. The van der Waals surface area contributed by atoms with Gasteiger partial charge in [0, 0.05) is 23.1 Å². The van der Waals surface area contributed by atoms with Crippen LogP contribution < -0.4 is 5.32 Å². The molecule has 0 saturated carbocycles. The van der Waals surface area contributed by atoms with Gasteiger partial charge < -0.3 is 19.9 Å². The number of imidazole rings is 1. The van der Waals surface area contributed by atoms with Crippen molar-refractivity contribution >= 4 is 27.9 Å². The van der Waals surface area contributed by atoms with E-state index in [2.05, 4.69) is 31.2 Å². The molecular weight excluding hydrogens is 424 g/mol. The Morgan fingerprint density at radius 2 is 2.11 bits per heavy atom. The molecule has 28 heavy (non-hydrogen) atoms. The molecule has 0 spiro atoms. The van der Waals surface area contributed by atoms with Crippen LogP contribution in [0.15, 0.2) is 35.1 Å². The molecule has 1 unspecified atom stereocenters. The van der Waals surface area contributed by atoms with Crippen molar-refractivity contribution in [2.75, 3.05) is 13.7 Å². The topological polar surface area (TPSA) is 87.3 Å². The van der Waals surface area contributed by atoms with Crippen molar-refractivity contribution in [1.82, 2.24) is 20.2 Å². The number of H-pyrrole nitrogens is 1. The number of fused-ring (bicyclic) bond motifs is 1. The number of aromatic amines is 1. The first kappa shape index (κ1) is 20.4. The van der Waals surface area contributed by atoms with E-state index in [4.69, 9.17) is 4.74 Å². The Morgan fingerprint density at radius 1 is 1.39 bits per heavy atom. The maximum absolute atomic E-state index is 13.2. The number of rotatable bonds is 5. The number of halogens is 1. The average Bonchev–Trinajstić information content (AvgIpc) is 3.19. The Kier molecular flexibility index (Phi) is 6.39. The predicted octanol–water partition coefficient (Wildman–Crippen LogP) is 3.42. The van der Waals surface area contributed by atoms with Crippen LogP contribution in [0.5, 0.6) is 0 Å². The van der Waals surface area contributed by atoms with Gasteiger partial charge in [0.2, 0.25) is 0 Å². The zero-order valence-electron chi connectivity index (χ0n) is 16.2. The summed E-state index contributed by atoms with van der Waals surface area (Å²) in [4.78, 5) is 34.8. The first-order valence-corrected chi connectivity index (χ1v) is 10.2. The summed E-state index contributed by atoms with van der Waals surface area (Å²) in [5, 5.41) is 2.89. The van der Waals surface area contributed by atoms with Crippen LogP contribution in [0.2, 0.25) is 0 Å². The van der Waals surface area contributed by atoms with Gasteiger partial charge in [-0.2, -0.15) is 0 Å². The molecule has 0 bridgehead atoms. The van der Waals surface area contributed by atoms with Crippen LogP contribution in [-0.4, -0.2) is 46.6 Å². The van der Waals surface area contributed by atoms with E-state index < -0.39 is 12.0 Å². The first-order chi connectivity index (χ1) is 13.5. The number of benzene rings is 1. The van der Waals surface area contributed by atoms with Crippen LogP contribution in [0.3, 0.4) is 0 Å². The number of hydrogen-bond acceptors (Lipinski definition) is 4. The SMILES string of the molecule is CC[C@@H](C)[C@H](NC(=O)N1CCc2[nH]cnc2C1c1ccc(Br)cc1)C(=O)OC. The van der Waals surface area contributed by atoms with E-state index in [1.54, 1.807) is 11.2 Å². The Morgan fingerprint density at radius 3 is 2.75 bits per heavy atom. The molecule has 7 nitrogen and oxygen atoms in total. The fraction of sp³-hybridized carbons (Fsp3) is 0.450. The van der Waals surface area contributed by atoms with Crippen molar-refractivity contribution < 1.29 is 14.3 Å². The Hall–Kier alpha value is -2.35. The highest BCUT2D eigenvalue weighted by Gasteiger charge is 2.36. The molecule has 2 aromatic rings. The highest BCUT2D eigenvalue weighted by Crippen LogP contribution is 2.34. The van der Waals surface area contributed by atoms with E-state index in [-0.39, 0.29) is 18.0 Å². The number of hydrogen-bond donors (Lipinski definition) is 2. The van der Waals surface area contributed by atoms with E-state index in [9.17, 15) is 9.59 Å². The second-order valence-corrected chi connectivity index (χ2v) is 7.92. The maximum atomic E-state index is 13.2. The number of carbonyl (C=O) groups is 2. The molecule has 0 aliphatic carbocycles. The van der Waals surface area contributed by atoms with E-state index in [1.807, 2.05) is 38.1 Å². The molecule has 0 saturated heterocycles. The third kappa shape index (κ3) is 4.06. The average molecular weight is 449 g/mol. The van der Waals surface area contributed by atoms with Gasteiger partial charge >= 0.3 is 12.0 Å². The third-order valence-electron chi connectivity index (χ3n) is 5.32. The quantitative estimate of drug-likeness (QED) is 0.685. The molecule has 1 aromatic heterocycles. The van der Waals surface area contributed by atoms with Gasteiger partial charge in [-0.3, -0.25) is 0 Å². The maximum Gasteiger partial charge on any atom is 0.328 e. The normalized spacial score (nSPS) is 18.1. The van der Waals surface area contributed by atoms with Crippen LogP contribution in [0.4, 0.5) is 4.79 Å². The molecule has 150 valence electrons. The highest BCUT2D eigenvalue weighted by atomic mass is 79.9. The minimum atomic E-state index is -0.686. The van der Waals surface area contributed by atoms with Crippen molar-refractivity contribution in [1.29, 1.82) is 0 Å². The second kappa shape index (κ2) is 8.77. The fourth-order valence-electron chi connectivity index (χ4n) is 3.49. The van der Waals surface area contributed by atoms with Gasteiger partial charge in [0.25, 0.3) is 0 Å². The van der Waals surface area contributed by atoms with Gasteiger partial charge in [0.1, 0.15) is 12.1 Å². The van der Waals surface area contributed by atoms with Gasteiger partial charge in [-0.05, 0) is 23.6 Å². The summed E-state index contributed by atoms with van der Waals surface area (Å²) in [6, 6.07) is 6.55. The summed E-state index contributed by atoms with van der Waals surface area (Å²) in [7, 11) is 1.34. The molecule has 1 aliphatic rings. The summed E-state index contributed by atoms with van der Waals surface area (Å²) in [6.45, 7) is 4.43. The highest BCUT2D eigenvalue weighted by molar-refractivity contribution is 9.10. The monoisotopic (exact) mass is 448 g/mol. The van der Waals surface area contributed by atoms with Gasteiger partial charge in [-0.25, -0.2) is 14.6 Å². The second-order valence-electron chi connectivity index (χ2n) is 7.00. The number of esters is 1. The Balaban J connectivity index is 1.91. The number of methoxy groups -OCH3 is 1. The Bertz CT molecular complexity index is 836. The van der Waals surface area contributed by atoms with Crippen LogP contribution in [0, 0.1) is 5.92 Å². The number of carbonyl (C=O) groups excluding carboxylic acids is 2. The standard InChI is InChI=1S/C20H25BrN4O3/c1-4-12(2)16(19(26)28-3)24-20(27)25-10-9-15-17(23-11-22-15)18(25)13-5-7-14(21)8-6-13/h5-8,11-12,16,18H,4,9-10H2,1-3H3,(H,22,23)(H,24,27)/t12-,16+,18?/m1/s1. The molecule has 8 heteroatoms. The number of aromatic nitrogens is 2. The zero-order valence-corrected chi connectivity index (χ0v) is 17.8. The van der Waals surface area contributed by atoms with Crippen LogP contribution in [0.1, 0.15) is 43.3 Å². The van der Waals surface area contributed by atoms with Crippen molar-refractivity contribution in [2.24, 2.45) is 5.92 Å². The van der Waals surface area contributed by atoms with Crippen molar-refractivity contribution in [2.45, 2.75) is 38.8 Å². The van der Waals surface area contributed by atoms with Crippen molar-refractivity contribution in [3.05, 3.63) is 52.0 Å². The molecule has 1 aliphatic heterocycles. The van der Waals surface area contributed by atoms with E-state index in [0.717, 1.165) is 27.8 Å². The lowest BCUT2D eigenvalue weighted by molar-refractivity contribution is -0.144. The Labute approximate surface area is 173 Å². The molecular formula is C20H25BrN4O3. The molecule has 0 fully saturated rings. The minimum absolute atomic E-state index is 0.0340. The summed E-state index contributed by atoms with van der Waals surface area (Å²) >= 11 is 3.45. The molecule has 2 amide bonds. The van der Waals surface area contributed by atoms with Crippen molar-refractivity contribution in [3.8, 4) is 0 Å². The molecule has 2 heterocycles. The zero-order chi connectivity index (χ0) is 20.3. The lowest BCUT2D eigenvalue weighted by Gasteiger charge is -2.36. The minimum Gasteiger partial charge on any atom is -0.467 e. The van der Waals surface area contributed by atoms with Crippen molar-refractivity contribution in [3.63, 3.8) is 0 Å². The molecule has 3 atom stereocenters. The van der Waals surface area contributed by atoms with Crippen LogP contribution in [-0.2, 0) is 16.0 Å². The summed E-state index contributed by atoms with van der Waals surface area (Å²) in [5.74, 6) is -0.464. The van der Waals surface area contributed by atoms with Gasteiger partial charge in [0.15, 0.2) is 0 Å². The predicted molar refractivity (Wildman–Crippen MR) is 109 cm³/mol. The molecule has 1 aromatic carbocycles. The van der Waals surface area contributed by atoms with Gasteiger partial charge in [-0.15, -0.1) is 0 Å². The number of urea groups is 1. The van der Waals surface area contributed by atoms with Crippen LogP contribution in [0.25, 0.3) is 0 Å².